The van der Waals surface area contributed by atoms with Gasteiger partial charge in [-0.2, -0.15) is 0 Å². The first kappa shape index (κ1) is 16.7. The molecule has 1 atom stereocenters. The molecule has 1 aromatic carbocycles. The number of hydrogen-bond donors (Lipinski definition) is 1. The van der Waals surface area contributed by atoms with Crippen LogP contribution in [0.15, 0.2) is 22.7 Å². The number of likely N-dealkylation sites (tertiary alicyclic amines) is 1. The molecule has 1 fully saturated rings. The smallest absolute Gasteiger partial charge is 0.123 e. The number of halogens is 1. The second-order valence-corrected chi connectivity index (χ2v) is 6.75. The summed E-state index contributed by atoms with van der Waals surface area (Å²) in [6.07, 6.45) is 2.39. The summed E-state index contributed by atoms with van der Waals surface area (Å²) in [5, 5.41) is 0. The maximum atomic E-state index is 6.09. The molecular weight excluding hydrogens is 330 g/mol. The van der Waals surface area contributed by atoms with Gasteiger partial charge < -0.3 is 15.4 Å². The van der Waals surface area contributed by atoms with Gasteiger partial charge in [0.05, 0.1) is 13.2 Å². The van der Waals surface area contributed by atoms with Gasteiger partial charge in [0, 0.05) is 22.6 Å². The van der Waals surface area contributed by atoms with E-state index < -0.39 is 0 Å². The van der Waals surface area contributed by atoms with Crippen LogP contribution in [0, 0.1) is 0 Å². The van der Waals surface area contributed by atoms with Gasteiger partial charge in [-0.1, -0.05) is 15.9 Å². The number of ether oxygens (including phenoxy) is 1. The maximum Gasteiger partial charge on any atom is 0.123 e. The molecule has 2 rings (SSSR count). The zero-order chi connectivity index (χ0) is 15.4. The first-order chi connectivity index (χ1) is 10.1. The highest BCUT2D eigenvalue weighted by Crippen LogP contribution is 2.33. The fourth-order valence-corrected chi connectivity index (χ4v) is 3.51. The molecule has 0 aliphatic carbocycles. The molecule has 0 spiro atoms. The SMILES string of the molecule is COc1ccc(Br)cc1C(CN)N(C)C1CCN(C)CC1. The lowest BCUT2D eigenvalue weighted by molar-refractivity contribution is 0.108. The zero-order valence-corrected chi connectivity index (χ0v) is 14.8. The van der Waals surface area contributed by atoms with E-state index in [-0.39, 0.29) is 6.04 Å². The minimum absolute atomic E-state index is 0.186. The maximum absolute atomic E-state index is 6.09. The van der Waals surface area contributed by atoms with E-state index >= 15 is 0 Å². The molecule has 21 heavy (non-hydrogen) atoms. The number of likely N-dealkylation sites (N-methyl/N-ethyl adjacent to an activating group) is 1. The van der Waals surface area contributed by atoms with Crippen LogP contribution in [-0.4, -0.2) is 56.7 Å². The highest BCUT2D eigenvalue weighted by molar-refractivity contribution is 9.10. The average Bonchev–Trinajstić information content (AvgIpc) is 2.49. The van der Waals surface area contributed by atoms with E-state index in [0.29, 0.717) is 12.6 Å². The van der Waals surface area contributed by atoms with Crippen molar-refractivity contribution in [2.24, 2.45) is 5.73 Å². The molecule has 1 saturated heterocycles. The van der Waals surface area contributed by atoms with E-state index in [1.807, 2.05) is 12.1 Å². The average molecular weight is 356 g/mol. The molecule has 0 aromatic heterocycles. The molecule has 1 aromatic rings. The van der Waals surface area contributed by atoms with Gasteiger partial charge in [0.1, 0.15) is 5.75 Å². The van der Waals surface area contributed by atoms with Gasteiger partial charge in [0.25, 0.3) is 0 Å². The minimum Gasteiger partial charge on any atom is -0.496 e. The summed E-state index contributed by atoms with van der Waals surface area (Å²) in [5.74, 6) is 0.911. The lowest BCUT2D eigenvalue weighted by Crippen LogP contribution is -2.45. The molecule has 0 amide bonds. The second kappa shape index (κ2) is 7.58. The lowest BCUT2D eigenvalue weighted by Gasteiger charge is -2.39. The molecule has 1 heterocycles. The van der Waals surface area contributed by atoms with Crippen LogP contribution in [0.2, 0.25) is 0 Å². The van der Waals surface area contributed by atoms with E-state index in [2.05, 4.69) is 45.9 Å². The minimum atomic E-state index is 0.186. The van der Waals surface area contributed by atoms with Crippen LogP contribution in [0.25, 0.3) is 0 Å². The number of nitrogens with zero attached hydrogens (tertiary/aromatic N) is 2. The molecule has 118 valence electrons. The van der Waals surface area contributed by atoms with E-state index in [1.54, 1.807) is 7.11 Å². The molecule has 1 unspecified atom stereocenters. The first-order valence-electron chi connectivity index (χ1n) is 7.50. The molecule has 1 aliphatic heterocycles. The highest BCUT2D eigenvalue weighted by Gasteiger charge is 2.27. The normalized spacial score (nSPS) is 19.0. The van der Waals surface area contributed by atoms with E-state index in [0.717, 1.165) is 28.9 Å². The molecule has 0 saturated carbocycles. The summed E-state index contributed by atoms with van der Waals surface area (Å²) in [5.41, 5.74) is 7.25. The Morgan fingerprint density at radius 2 is 2.10 bits per heavy atom. The zero-order valence-electron chi connectivity index (χ0n) is 13.2. The quantitative estimate of drug-likeness (QED) is 0.880. The number of rotatable bonds is 5. The van der Waals surface area contributed by atoms with Crippen LogP contribution in [0.1, 0.15) is 24.4 Å². The Kier molecular flexibility index (Phi) is 6.05. The molecular formula is C16H26BrN3O. The Bertz CT molecular complexity index is 461. The van der Waals surface area contributed by atoms with Gasteiger partial charge in [-0.15, -0.1) is 0 Å². The summed E-state index contributed by atoms with van der Waals surface area (Å²) in [7, 11) is 6.09. The fraction of sp³-hybridized carbons (Fsp3) is 0.625. The van der Waals surface area contributed by atoms with Crippen molar-refractivity contribution in [3.63, 3.8) is 0 Å². The van der Waals surface area contributed by atoms with Crippen molar-refractivity contribution in [3.05, 3.63) is 28.2 Å². The van der Waals surface area contributed by atoms with Gasteiger partial charge >= 0.3 is 0 Å². The Hall–Kier alpha value is -0.620. The molecule has 4 nitrogen and oxygen atoms in total. The van der Waals surface area contributed by atoms with Crippen molar-refractivity contribution < 1.29 is 4.74 Å². The van der Waals surface area contributed by atoms with Gasteiger partial charge in [-0.3, -0.25) is 4.90 Å². The largest absolute Gasteiger partial charge is 0.496 e. The predicted octanol–water partition coefficient (Wildman–Crippen LogP) is 2.48. The van der Waals surface area contributed by atoms with Crippen molar-refractivity contribution in [2.75, 3.05) is 40.8 Å². The number of nitrogens with two attached hydrogens (primary N) is 1. The number of methoxy groups -OCH3 is 1. The number of hydrogen-bond acceptors (Lipinski definition) is 4. The highest BCUT2D eigenvalue weighted by atomic mass is 79.9. The third kappa shape index (κ3) is 3.97. The predicted molar refractivity (Wildman–Crippen MR) is 90.8 cm³/mol. The molecule has 1 aliphatic rings. The van der Waals surface area contributed by atoms with Crippen LogP contribution >= 0.6 is 15.9 Å². The van der Waals surface area contributed by atoms with Crippen LogP contribution < -0.4 is 10.5 Å². The van der Waals surface area contributed by atoms with Gasteiger partial charge in [0.2, 0.25) is 0 Å². The summed E-state index contributed by atoms with van der Waals surface area (Å²) < 4.78 is 6.59. The summed E-state index contributed by atoms with van der Waals surface area (Å²) in [6.45, 7) is 2.90. The van der Waals surface area contributed by atoms with Gasteiger partial charge in [0.15, 0.2) is 0 Å². The summed E-state index contributed by atoms with van der Waals surface area (Å²) >= 11 is 3.55. The molecule has 0 bridgehead atoms. The number of piperidine rings is 1. The lowest BCUT2D eigenvalue weighted by atomic mass is 9.98. The van der Waals surface area contributed by atoms with Crippen molar-refractivity contribution in [1.82, 2.24) is 9.80 Å². The Morgan fingerprint density at radius 3 is 2.67 bits per heavy atom. The summed E-state index contributed by atoms with van der Waals surface area (Å²) in [4.78, 5) is 4.82. The Balaban J connectivity index is 2.20. The first-order valence-corrected chi connectivity index (χ1v) is 8.30. The van der Waals surface area contributed by atoms with Crippen LogP contribution in [0.4, 0.5) is 0 Å². The number of benzene rings is 1. The van der Waals surface area contributed by atoms with Crippen molar-refractivity contribution in [1.29, 1.82) is 0 Å². The van der Waals surface area contributed by atoms with Crippen LogP contribution in [-0.2, 0) is 0 Å². The van der Waals surface area contributed by atoms with Crippen molar-refractivity contribution in [2.45, 2.75) is 24.9 Å². The van der Waals surface area contributed by atoms with E-state index in [9.17, 15) is 0 Å². The molecule has 5 heteroatoms. The Labute approximate surface area is 136 Å². The standard InChI is InChI=1S/C16H26BrN3O/c1-19-8-6-13(7-9-19)20(2)15(11-18)14-10-12(17)4-5-16(14)21-3/h4-5,10,13,15H,6-9,11,18H2,1-3H3. The third-order valence-electron chi connectivity index (χ3n) is 4.53. The van der Waals surface area contributed by atoms with Crippen LogP contribution in [0.3, 0.4) is 0 Å². The summed E-state index contributed by atoms with van der Waals surface area (Å²) in [6, 6.07) is 6.90. The van der Waals surface area contributed by atoms with Gasteiger partial charge in [-0.25, -0.2) is 0 Å². The second-order valence-electron chi connectivity index (χ2n) is 5.84. The van der Waals surface area contributed by atoms with Gasteiger partial charge in [-0.05, 0) is 58.2 Å². The monoisotopic (exact) mass is 355 g/mol. The van der Waals surface area contributed by atoms with Crippen molar-refractivity contribution in [3.8, 4) is 5.75 Å². The van der Waals surface area contributed by atoms with E-state index in [1.165, 1.54) is 12.8 Å². The van der Waals surface area contributed by atoms with E-state index in [4.69, 9.17) is 10.5 Å². The fourth-order valence-electron chi connectivity index (χ4n) is 3.13. The third-order valence-corrected chi connectivity index (χ3v) is 5.02. The topological polar surface area (TPSA) is 41.7 Å². The van der Waals surface area contributed by atoms with Crippen molar-refractivity contribution >= 4 is 15.9 Å². The Morgan fingerprint density at radius 1 is 1.43 bits per heavy atom. The molecule has 2 N–H and O–H groups in total. The molecule has 0 radical (unpaired) electrons. The van der Waals surface area contributed by atoms with Crippen LogP contribution in [0.5, 0.6) is 5.75 Å².